The number of nitrogens with one attached hydrogen (secondary N) is 1. The fourth-order valence-corrected chi connectivity index (χ4v) is 3.43. The maximum Gasteiger partial charge on any atom is 0.227 e. The Morgan fingerprint density at radius 2 is 1.30 bits per heavy atom. The van der Waals surface area contributed by atoms with Gasteiger partial charge in [-0.15, -0.1) is 12.6 Å². The molecule has 3 aromatic carbocycles. The summed E-state index contributed by atoms with van der Waals surface area (Å²) >= 11 is 4.53. The summed E-state index contributed by atoms with van der Waals surface area (Å²) < 4.78 is 0. The summed E-state index contributed by atoms with van der Waals surface area (Å²) in [4.78, 5) is 9.49. The van der Waals surface area contributed by atoms with E-state index in [4.69, 9.17) is 0 Å². The van der Waals surface area contributed by atoms with Crippen molar-refractivity contribution in [3.8, 4) is 0 Å². The summed E-state index contributed by atoms with van der Waals surface area (Å²) in [5, 5.41) is 3.36. The Balaban J connectivity index is 1.85. The minimum atomic E-state index is 0.0903. The van der Waals surface area contributed by atoms with Gasteiger partial charge in [0.05, 0.1) is 0 Å². The van der Waals surface area contributed by atoms with E-state index in [2.05, 4.69) is 82.5 Å². The van der Waals surface area contributed by atoms with Gasteiger partial charge in [0, 0.05) is 28.9 Å². The second kappa shape index (κ2) is 8.06. The molecule has 132 valence electrons. The van der Waals surface area contributed by atoms with Crippen molar-refractivity contribution in [1.29, 1.82) is 0 Å². The van der Waals surface area contributed by atoms with Gasteiger partial charge in [-0.25, -0.2) is 9.97 Å². The summed E-state index contributed by atoms with van der Waals surface area (Å²) in [6.07, 6.45) is 3.46. The van der Waals surface area contributed by atoms with E-state index < -0.39 is 0 Å². The molecule has 4 heteroatoms. The zero-order valence-corrected chi connectivity index (χ0v) is 15.6. The summed E-state index contributed by atoms with van der Waals surface area (Å²) in [6, 6.07) is 29.0. The van der Waals surface area contributed by atoms with Crippen LogP contribution in [0, 0.1) is 0 Å². The molecule has 0 aliphatic heterocycles. The number of aromatic nitrogens is 2. The maximum absolute atomic E-state index is 4.53. The molecule has 0 aliphatic carbocycles. The Hall–Kier alpha value is -3.11. The lowest BCUT2D eigenvalue weighted by Gasteiger charge is -2.22. The van der Waals surface area contributed by atoms with Gasteiger partial charge in [-0.05, 0) is 34.9 Å². The molecule has 3 nitrogen and oxygen atoms in total. The Morgan fingerprint density at radius 1 is 0.704 bits per heavy atom. The molecule has 27 heavy (non-hydrogen) atoms. The van der Waals surface area contributed by atoms with E-state index in [1.165, 1.54) is 11.1 Å². The van der Waals surface area contributed by atoms with Crippen molar-refractivity contribution in [2.24, 2.45) is 0 Å². The molecule has 1 N–H and O–H groups in total. The first-order valence-corrected chi connectivity index (χ1v) is 9.23. The van der Waals surface area contributed by atoms with Crippen molar-refractivity contribution in [3.05, 3.63) is 114 Å². The normalized spacial score (nSPS) is 10.7. The molecular weight excluding hydrogens is 350 g/mol. The number of rotatable bonds is 5. The van der Waals surface area contributed by atoms with E-state index in [1.54, 1.807) is 18.5 Å². The van der Waals surface area contributed by atoms with E-state index in [1.807, 2.05) is 24.3 Å². The lowest BCUT2D eigenvalue weighted by atomic mass is 9.84. The van der Waals surface area contributed by atoms with Crippen molar-refractivity contribution >= 4 is 24.3 Å². The molecule has 0 spiro atoms. The molecule has 0 amide bonds. The van der Waals surface area contributed by atoms with Gasteiger partial charge in [0.2, 0.25) is 5.95 Å². The Labute approximate surface area is 164 Å². The second-order valence-corrected chi connectivity index (χ2v) is 6.74. The predicted octanol–water partition coefficient (Wildman–Crippen LogP) is 5.69. The van der Waals surface area contributed by atoms with Crippen molar-refractivity contribution in [3.63, 3.8) is 0 Å². The van der Waals surface area contributed by atoms with Crippen molar-refractivity contribution < 1.29 is 0 Å². The summed E-state index contributed by atoms with van der Waals surface area (Å²) in [5.74, 6) is 0.658. The third-order valence-electron chi connectivity index (χ3n) is 4.43. The van der Waals surface area contributed by atoms with Crippen LogP contribution in [-0.4, -0.2) is 9.97 Å². The molecule has 0 saturated heterocycles. The Bertz CT molecular complexity index is 966. The number of anilines is 2. The minimum absolute atomic E-state index is 0.0903. The zero-order valence-electron chi connectivity index (χ0n) is 14.7. The first-order chi connectivity index (χ1) is 13.3. The van der Waals surface area contributed by atoms with Crippen LogP contribution < -0.4 is 5.32 Å². The van der Waals surface area contributed by atoms with E-state index >= 15 is 0 Å². The summed E-state index contributed by atoms with van der Waals surface area (Å²) in [7, 11) is 0. The zero-order chi connectivity index (χ0) is 18.5. The van der Waals surface area contributed by atoms with Crippen molar-refractivity contribution in [2.75, 3.05) is 5.32 Å². The lowest BCUT2D eigenvalue weighted by Crippen LogP contribution is -2.07. The van der Waals surface area contributed by atoms with Gasteiger partial charge in [0.25, 0.3) is 0 Å². The molecule has 0 unspecified atom stereocenters. The standard InChI is InChI=1S/C23H19N3S/c27-19-12-13-20(21(16-19)26-23-24-14-7-15-25-23)22(17-8-3-1-4-9-17)18-10-5-2-6-11-18/h1-16,22,27H,(H,24,25,26). The van der Waals surface area contributed by atoms with Crippen LogP contribution in [-0.2, 0) is 0 Å². The van der Waals surface area contributed by atoms with Crippen LogP contribution in [0.2, 0.25) is 0 Å². The molecule has 1 heterocycles. The highest BCUT2D eigenvalue weighted by molar-refractivity contribution is 7.80. The van der Waals surface area contributed by atoms with Crippen LogP contribution >= 0.6 is 12.6 Å². The first kappa shape index (κ1) is 17.3. The molecule has 0 atom stereocenters. The molecule has 1 aromatic heterocycles. The second-order valence-electron chi connectivity index (χ2n) is 6.22. The quantitative estimate of drug-likeness (QED) is 0.351. The lowest BCUT2D eigenvalue weighted by molar-refractivity contribution is 0.974. The maximum atomic E-state index is 4.53. The molecule has 0 radical (unpaired) electrons. The van der Waals surface area contributed by atoms with Gasteiger partial charge in [-0.3, -0.25) is 0 Å². The minimum Gasteiger partial charge on any atom is -0.324 e. The van der Waals surface area contributed by atoms with E-state index in [9.17, 15) is 0 Å². The molecule has 0 bridgehead atoms. The van der Waals surface area contributed by atoms with Crippen LogP contribution in [0.5, 0.6) is 0 Å². The SMILES string of the molecule is Sc1ccc(C(c2ccccc2)c2ccccc2)c(Nc2ncccn2)c1. The molecular formula is C23H19N3S. The number of nitrogens with zero attached hydrogens (tertiary/aromatic N) is 2. The molecule has 4 aromatic rings. The fraction of sp³-hybridized carbons (Fsp3) is 0.0435. The average molecular weight is 369 g/mol. The summed E-state index contributed by atoms with van der Waals surface area (Å²) in [6.45, 7) is 0. The van der Waals surface area contributed by atoms with Crippen LogP contribution in [0.1, 0.15) is 22.6 Å². The summed E-state index contributed by atoms with van der Waals surface area (Å²) in [5.41, 5.74) is 4.56. The highest BCUT2D eigenvalue weighted by Crippen LogP contribution is 2.37. The van der Waals surface area contributed by atoms with Gasteiger partial charge in [-0.2, -0.15) is 0 Å². The predicted molar refractivity (Wildman–Crippen MR) is 113 cm³/mol. The van der Waals surface area contributed by atoms with E-state index in [0.717, 1.165) is 16.1 Å². The fourth-order valence-electron chi connectivity index (χ4n) is 3.23. The van der Waals surface area contributed by atoms with Crippen LogP contribution in [0.4, 0.5) is 11.6 Å². The number of hydrogen-bond acceptors (Lipinski definition) is 4. The van der Waals surface area contributed by atoms with Gasteiger partial charge < -0.3 is 5.32 Å². The smallest absolute Gasteiger partial charge is 0.227 e. The van der Waals surface area contributed by atoms with Crippen LogP contribution in [0.15, 0.2) is 102 Å². The van der Waals surface area contributed by atoms with Gasteiger partial charge in [-0.1, -0.05) is 66.7 Å². The van der Waals surface area contributed by atoms with Crippen LogP contribution in [0.25, 0.3) is 0 Å². The third-order valence-corrected chi connectivity index (χ3v) is 4.70. The third kappa shape index (κ3) is 4.01. The number of benzene rings is 3. The Morgan fingerprint density at radius 3 is 1.89 bits per heavy atom. The highest BCUT2D eigenvalue weighted by Gasteiger charge is 2.20. The highest BCUT2D eigenvalue weighted by atomic mass is 32.1. The van der Waals surface area contributed by atoms with E-state index in [-0.39, 0.29) is 5.92 Å². The molecule has 0 fully saturated rings. The number of hydrogen-bond donors (Lipinski definition) is 2. The largest absolute Gasteiger partial charge is 0.324 e. The van der Waals surface area contributed by atoms with Crippen molar-refractivity contribution in [2.45, 2.75) is 10.8 Å². The average Bonchev–Trinajstić information content (AvgIpc) is 2.72. The van der Waals surface area contributed by atoms with E-state index in [0.29, 0.717) is 5.95 Å². The topological polar surface area (TPSA) is 37.8 Å². The van der Waals surface area contributed by atoms with Gasteiger partial charge >= 0.3 is 0 Å². The first-order valence-electron chi connectivity index (χ1n) is 8.78. The molecule has 0 saturated carbocycles. The van der Waals surface area contributed by atoms with Gasteiger partial charge in [0.1, 0.15) is 0 Å². The van der Waals surface area contributed by atoms with Crippen molar-refractivity contribution in [1.82, 2.24) is 9.97 Å². The number of thiol groups is 1. The van der Waals surface area contributed by atoms with Crippen LogP contribution in [0.3, 0.4) is 0 Å². The van der Waals surface area contributed by atoms with Gasteiger partial charge in [0.15, 0.2) is 0 Å². The monoisotopic (exact) mass is 369 g/mol. The Kier molecular flexibility index (Phi) is 5.17. The molecule has 4 rings (SSSR count). The molecule has 0 aliphatic rings.